The first kappa shape index (κ1) is 31.3. The van der Waals surface area contributed by atoms with Crippen LogP contribution in [0.25, 0.3) is 0 Å². The zero-order valence-corrected chi connectivity index (χ0v) is 25.8. The van der Waals surface area contributed by atoms with E-state index in [1.54, 1.807) is 0 Å². The van der Waals surface area contributed by atoms with Crippen LogP contribution in [0.3, 0.4) is 0 Å². The molecule has 0 saturated carbocycles. The summed E-state index contributed by atoms with van der Waals surface area (Å²) in [7, 11) is -1.94. The van der Waals surface area contributed by atoms with Crippen molar-refractivity contribution < 1.29 is 19.1 Å². The molecule has 0 radical (unpaired) electrons. The first-order chi connectivity index (χ1) is 18.9. The smallest absolute Gasteiger partial charge is 0.404 e. The monoisotopic (exact) mass is 571 g/mol. The third-order valence-electron chi connectivity index (χ3n) is 7.72. The van der Waals surface area contributed by atoms with E-state index in [-0.39, 0.29) is 29.5 Å². The second-order valence-corrected chi connectivity index (χ2v) is 15.9. The van der Waals surface area contributed by atoms with E-state index in [0.717, 1.165) is 35.2 Å². The van der Waals surface area contributed by atoms with Crippen LogP contribution in [0.15, 0.2) is 18.3 Å². The third-order valence-corrected chi connectivity index (χ3v) is 12.4. The van der Waals surface area contributed by atoms with E-state index < -0.39 is 20.3 Å². The van der Waals surface area contributed by atoms with Crippen molar-refractivity contribution in [3.8, 4) is 0 Å². The zero-order chi connectivity index (χ0) is 29.6. The summed E-state index contributed by atoms with van der Waals surface area (Å²) in [4.78, 5) is 39.8. The van der Waals surface area contributed by atoms with Crippen LogP contribution in [0, 0.1) is 0 Å². The number of anilines is 3. The van der Waals surface area contributed by atoms with Gasteiger partial charge in [-0.05, 0) is 48.5 Å². The number of aromatic nitrogens is 3. The summed E-state index contributed by atoms with van der Waals surface area (Å²) in [5.74, 6) is 0.441. The normalized spacial score (nSPS) is 17.8. The summed E-state index contributed by atoms with van der Waals surface area (Å²) >= 11 is 0. The molecule has 220 valence electrons. The molecule has 5 N–H and O–H groups in total. The lowest BCUT2D eigenvalue weighted by Gasteiger charge is -2.42. The molecule has 2 aromatic rings. The molecule has 0 unspecified atom stereocenters. The number of pyridine rings is 1. The predicted molar refractivity (Wildman–Crippen MR) is 160 cm³/mol. The third kappa shape index (κ3) is 7.69. The first-order valence-electron chi connectivity index (χ1n) is 14.3. The topological polar surface area (TPSA) is 156 Å². The quantitative estimate of drug-likeness (QED) is 0.252. The lowest BCUT2D eigenvalue weighted by atomic mass is 10.0. The highest BCUT2D eigenvalue weighted by atomic mass is 28.4. The molecule has 1 fully saturated rings. The van der Waals surface area contributed by atoms with Crippen LogP contribution in [-0.4, -0.2) is 65.6 Å². The van der Waals surface area contributed by atoms with Crippen LogP contribution in [0.2, 0.25) is 18.1 Å². The number of nitrogens with two attached hydrogens (primary N) is 1. The Kier molecular flexibility index (Phi) is 10.5. The Morgan fingerprint density at radius 2 is 1.68 bits per heavy atom. The van der Waals surface area contributed by atoms with E-state index in [4.69, 9.17) is 20.1 Å². The highest BCUT2D eigenvalue weighted by Gasteiger charge is 2.37. The van der Waals surface area contributed by atoms with Gasteiger partial charge >= 0.3 is 6.09 Å². The number of carbonyl (C=O) groups excluding carboxylic acids is 1. The SMILES string of the molecule is CC[Si](CC)(CC)O[C@@H]1C[C@@H](NC(=O)O)CN(c2ncc(C(N)=O)c(Nc3cc(C(C)C)nc(C(C)C)c3)n2)C1. The molecule has 11 nitrogen and oxygen atoms in total. The molecule has 1 saturated heterocycles. The summed E-state index contributed by atoms with van der Waals surface area (Å²) < 4.78 is 6.76. The van der Waals surface area contributed by atoms with E-state index >= 15 is 0 Å². The summed E-state index contributed by atoms with van der Waals surface area (Å²) in [6.45, 7) is 15.7. The molecule has 0 aliphatic carbocycles. The summed E-state index contributed by atoms with van der Waals surface area (Å²) in [5.41, 5.74) is 8.47. The number of nitrogens with zero attached hydrogens (tertiary/aromatic N) is 4. The Labute approximate surface area is 238 Å². The number of primary amides is 1. The molecule has 3 heterocycles. The second kappa shape index (κ2) is 13.4. The maximum absolute atomic E-state index is 12.3. The van der Waals surface area contributed by atoms with Gasteiger partial charge in [0, 0.05) is 36.4 Å². The number of hydrogen-bond donors (Lipinski definition) is 4. The van der Waals surface area contributed by atoms with Crippen molar-refractivity contribution in [2.24, 2.45) is 5.73 Å². The molecular formula is C28H45N7O4Si. The number of amides is 2. The molecule has 1 aliphatic heterocycles. The largest absolute Gasteiger partial charge is 0.465 e. The fourth-order valence-electron chi connectivity index (χ4n) is 5.11. The first-order valence-corrected chi connectivity index (χ1v) is 16.8. The van der Waals surface area contributed by atoms with Gasteiger partial charge in [-0.25, -0.2) is 9.78 Å². The number of piperidine rings is 1. The van der Waals surface area contributed by atoms with Crippen molar-refractivity contribution in [3.63, 3.8) is 0 Å². The fourth-order valence-corrected chi connectivity index (χ4v) is 7.99. The van der Waals surface area contributed by atoms with Gasteiger partial charge in [0.05, 0.1) is 12.1 Å². The number of nitrogens with one attached hydrogen (secondary N) is 2. The minimum absolute atomic E-state index is 0.164. The van der Waals surface area contributed by atoms with Gasteiger partial charge in [0.2, 0.25) is 5.95 Å². The molecule has 2 amide bonds. The van der Waals surface area contributed by atoms with Crippen LogP contribution < -0.4 is 21.3 Å². The molecule has 0 spiro atoms. The van der Waals surface area contributed by atoms with E-state index in [1.165, 1.54) is 6.20 Å². The fraction of sp³-hybridized carbons (Fsp3) is 0.607. The Hall–Kier alpha value is -3.25. The highest BCUT2D eigenvalue weighted by Crippen LogP contribution is 2.30. The van der Waals surface area contributed by atoms with Gasteiger partial charge in [0.15, 0.2) is 8.32 Å². The summed E-state index contributed by atoms with van der Waals surface area (Å²) in [6, 6.07) is 6.53. The van der Waals surface area contributed by atoms with Gasteiger partial charge in [0.1, 0.15) is 11.4 Å². The van der Waals surface area contributed by atoms with E-state index in [1.807, 2.05) is 17.0 Å². The molecule has 40 heavy (non-hydrogen) atoms. The summed E-state index contributed by atoms with van der Waals surface area (Å²) in [6.07, 6.45) is 0.751. The number of rotatable bonds is 12. The average Bonchev–Trinajstić information content (AvgIpc) is 2.91. The minimum atomic E-state index is -1.94. The maximum Gasteiger partial charge on any atom is 0.404 e. The van der Waals surface area contributed by atoms with E-state index in [0.29, 0.717) is 31.3 Å². The number of hydrogen-bond acceptors (Lipinski definition) is 8. The Morgan fingerprint density at radius 3 is 2.17 bits per heavy atom. The van der Waals surface area contributed by atoms with Gasteiger partial charge in [-0.3, -0.25) is 9.78 Å². The average molecular weight is 572 g/mol. The van der Waals surface area contributed by atoms with Crippen molar-refractivity contribution in [3.05, 3.63) is 35.3 Å². The van der Waals surface area contributed by atoms with Gasteiger partial charge in [-0.1, -0.05) is 48.5 Å². The molecule has 2 atom stereocenters. The second-order valence-electron chi connectivity index (χ2n) is 11.2. The summed E-state index contributed by atoms with van der Waals surface area (Å²) in [5, 5.41) is 15.4. The van der Waals surface area contributed by atoms with Crippen LogP contribution in [-0.2, 0) is 4.43 Å². The lowest BCUT2D eigenvalue weighted by Crippen LogP contribution is -2.56. The molecule has 12 heteroatoms. The molecule has 2 aromatic heterocycles. The van der Waals surface area contributed by atoms with E-state index in [9.17, 15) is 14.7 Å². The van der Waals surface area contributed by atoms with Crippen molar-refractivity contribution in [1.29, 1.82) is 0 Å². The van der Waals surface area contributed by atoms with Crippen LogP contribution in [0.5, 0.6) is 0 Å². The van der Waals surface area contributed by atoms with Crippen molar-refractivity contribution in [2.75, 3.05) is 23.3 Å². The molecular weight excluding hydrogens is 526 g/mol. The molecule has 3 rings (SSSR count). The van der Waals surface area contributed by atoms with Gasteiger partial charge in [-0.15, -0.1) is 0 Å². The van der Waals surface area contributed by atoms with Crippen molar-refractivity contribution >= 4 is 37.8 Å². The van der Waals surface area contributed by atoms with Crippen molar-refractivity contribution in [1.82, 2.24) is 20.3 Å². The van der Waals surface area contributed by atoms with Gasteiger partial charge < -0.3 is 30.8 Å². The van der Waals surface area contributed by atoms with Crippen LogP contribution >= 0.6 is 0 Å². The highest BCUT2D eigenvalue weighted by molar-refractivity contribution is 6.73. The van der Waals surface area contributed by atoms with Gasteiger partial charge in [0.25, 0.3) is 5.91 Å². The predicted octanol–water partition coefficient (Wildman–Crippen LogP) is 5.20. The zero-order valence-electron chi connectivity index (χ0n) is 24.8. The standard InChI is InChI=1S/C28H45N7O4Si/c1-8-40(9-2,10-3)39-21-11-20(32-28(37)38)15-35(16-21)27-30-14-22(25(29)36)26(34-27)31-19-12-23(17(4)5)33-24(13-19)18(6)7/h12-14,17-18,20-21,32H,8-11,15-16H2,1-7H3,(H2,29,36)(H,37,38)(H,30,31,33,34)/t20-,21-/m1/s1. The molecule has 1 aliphatic rings. The number of carbonyl (C=O) groups is 2. The Morgan fingerprint density at radius 1 is 1.07 bits per heavy atom. The van der Waals surface area contributed by atoms with E-state index in [2.05, 4.69) is 64.1 Å². The Balaban J connectivity index is 1.99. The molecule has 0 bridgehead atoms. The lowest BCUT2D eigenvalue weighted by molar-refractivity contribution is 0.1000. The van der Waals surface area contributed by atoms with Crippen molar-refractivity contribution in [2.45, 2.75) is 97.0 Å². The number of carboxylic acid groups (broad SMARTS) is 1. The van der Waals surface area contributed by atoms with Crippen LogP contribution in [0.4, 0.5) is 22.2 Å². The maximum atomic E-state index is 12.3. The van der Waals surface area contributed by atoms with Crippen LogP contribution in [0.1, 0.15) is 88.5 Å². The Bertz CT molecular complexity index is 1150. The molecule has 0 aromatic carbocycles. The minimum Gasteiger partial charge on any atom is -0.465 e. The van der Waals surface area contributed by atoms with Gasteiger partial charge in [-0.2, -0.15) is 4.98 Å².